The molecule has 206 valence electrons. The van der Waals surface area contributed by atoms with Gasteiger partial charge in [-0.1, -0.05) is 17.7 Å². The van der Waals surface area contributed by atoms with Gasteiger partial charge in [0.25, 0.3) is 5.91 Å². The Balaban J connectivity index is 1.94. The van der Waals surface area contributed by atoms with E-state index in [1.807, 2.05) is 33.8 Å². The first-order chi connectivity index (χ1) is 18.1. The van der Waals surface area contributed by atoms with Gasteiger partial charge < -0.3 is 24.8 Å². The molecule has 2 aromatic carbocycles. The molecule has 3 N–H and O–H groups in total. The third-order valence-corrected chi connectivity index (χ3v) is 5.99. The van der Waals surface area contributed by atoms with Crippen LogP contribution in [-0.4, -0.2) is 56.4 Å². The first kappa shape index (κ1) is 31.3. The van der Waals surface area contributed by atoms with Crippen LogP contribution in [0, 0.1) is 10.5 Å². The maximum atomic E-state index is 12.4. The summed E-state index contributed by atoms with van der Waals surface area (Å²) in [7, 11) is 0. The number of hydrogen-bond donors (Lipinski definition) is 3. The first-order valence-electron chi connectivity index (χ1n) is 12.0. The minimum atomic E-state index is -0.883. The highest BCUT2D eigenvalue weighted by Gasteiger charge is 2.15. The normalized spacial score (nSPS) is 10.9. The Morgan fingerprint density at radius 2 is 1.89 bits per heavy atom. The van der Waals surface area contributed by atoms with E-state index in [1.54, 1.807) is 24.3 Å². The minimum Gasteiger partial charge on any atom is -0.490 e. The second-order valence-corrected chi connectivity index (χ2v) is 9.86. The van der Waals surface area contributed by atoms with Crippen LogP contribution in [0.25, 0.3) is 0 Å². The SMILES string of the molecule is CCOc1cc(/C=N\NC(=O)C(=O)NCCCOC(C)C)cc(I)c1OCC(=O)Nc1ccc(C)c(Cl)c1. The second kappa shape index (κ2) is 16.1. The van der Waals surface area contributed by atoms with E-state index in [4.69, 9.17) is 25.8 Å². The first-order valence-corrected chi connectivity index (χ1v) is 13.4. The molecule has 0 saturated heterocycles. The van der Waals surface area contributed by atoms with E-state index in [0.29, 0.717) is 57.5 Å². The number of carbonyl (C=O) groups excluding carboxylic acids is 3. The molecule has 0 aromatic heterocycles. The zero-order valence-electron chi connectivity index (χ0n) is 21.7. The fourth-order valence-electron chi connectivity index (χ4n) is 2.96. The maximum Gasteiger partial charge on any atom is 0.329 e. The van der Waals surface area contributed by atoms with Crippen LogP contribution < -0.4 is 25.5 Å². The Kier molecular flexibility index (Phi) is 13.3. The van der Waals surface area contributed by atoms with Crippen molar-refractivity contribution in [1.29, 1.82) is 0 Å². The average Bonchev–Trinajstić information content (AvgIpc) is 2.85. The van der Waals surface area contributed by atoms with Gasteiger partial charge in [0.2, 0.25) is 0 Å². The fourth-order valence-corrected chi connectivity index (χ4v) is 3.92. The highest BCUT2D eigenvalue weighted by atomic mass is 127. The standard InChI is InChI=1S/C26H32ClIN4O6/c1-5-36-22-12-18(14-30-32-26(35)25(34)29-9-6-10-37-16(2)3)11-21(28)24(22)38-15-23(33)31-19-8-7-17(4)20(27)13-19/h7-8,11-14,16H,5-6,9-10,15H2,1-4H3,(H,29,34)(H,31,33)(H,32,35)/b30-14-. The van der Waals surface area contributed by atoms with E-state index in [9.17, 15) is 14.4 Å². The molecule has 0 bridgehead atoms. The molecule has 0 aliphatic heterocycles. The van der Waals surface area contributed by atoms with Crippen LogP contribution in [0.5, 0.6) is 11.5 Å². The predicted octanol–water partition coefficient (Wildman–Crippen LogP) is 4.05. The van der Waals surface area contributed by atoms with Crippen molar-refractivity contribution >= 4 is 63.8 Å². The summed E-state index contributed by atoms with van der Waals surface area (Å²) in [6.07, 6.45) is 2.08. The summed E-state index contributed by atoms with van der Waals surface area (Å²) in [6, 6.07) is 8.63. The molecule has 0 aliphatic rings. The molecule has 2 aromatic rings. The van der Waals surface area contributed by atoms with Crippen LogP contribution in [0.4, 0.5) is 5.69 Å². The number of hydrazone groups is 1. The number of nitrogens with zero attached hydrogens (tertiary/aromatic N) is 1. The summed E-state index contributed by atoms with van der Waals surface area (Å²) < 4.78 is 17.5. The molecule has 12 heteroatoms. The predicted molar refractivity (Wildman–Crippen MR) is 155 cm³/mol. The number of hydrogen-bond acceptors (Lipinski definition) is 7. The van der Waals surface area contributed by atoms with Gasteiger partial charge in [0.1, 0.15) is 0 Å². The number of halogens is 2. The number of carbonyl (C=O) groups is 3. The summed E-state index contributed by atoms with van der Waals surface area (Å²) >= 11 is 8.17. The van der Waals surface area contributed by atoms with Gasteiger partial charge in [-0.15, -0.1) is 0 Å². The molecule has 0 radical (unpaired) electrons. The summed E-state index contributed by atoms with van der Waals surface area (Å²) in [5.41, 5.74) is 4.26. The number of amides is 3. The lowest BCUT2D eigenvalue weighted by atomic mass is 10.2. The molecule has 38 heavy (non-hydrogen) atoms. The Morgan fingerprint density at radius 1 is 1.13 bits per heavy atom. The minimum absolute atomic E-state index is 0.110. The van der Waals surface area contributed by atoms with Crippen LogP contribution in [0.3, 0.4) is 0 Å². The molecule has 10 nitrogen and oxygen atoms in total. The molecule has 0 spiro atoms. The highest BCUT2D eigenvalue weighted by molar-refractivity contribution is 14.1. The molecule has 2 rings (SSSR count). The topological polar surface area (TPSA) is 127 Å². The molecular formula is C26H32ClIN4O6. The third-order valence-electron chi connectivity index (χ3n) is 4.78. The van der Waals surface area contributed by atoms with Crippen molar-refractivity contribution in [2.75, 3.05) is 31.7 Å². The Morgan fingerprint density at radius 3 is 2.58 bits per heavy atom. The fraction of sp³-hybridized carbons (Fsp3) is 0.385. The van der Waals surface area contributed by atoms with Gasteiger partial charge in [-0.3, -0.25) is 14.4 Å². The van der Waals surface area contributed by atoms with Crippen molar-refractivity contribution in [3.05, 3.63) is 50.1 Å². The van der Waals surface area contributed by atoms with Gasteiger partial charge >= 0.3 is 11.8 Å². The van der Waals surface area contributed by atoms with Crippen LogP contribution in [0.1, 0.15) is 38.3 Å². The molecule has 0 atom stereocenters. The van der Waals surface area contributed by atoms with Gasteiger partial charge in [-0.2, -0.15) is 5.10 Å². The molecule has 0 unspecified atom stereocenters. The van der Waals surface area contributed by atoms with Crippen LogP contribution in [-0.2, 0) is 19.1 Å². The van der Waals surface area contributed by atoms with E-state index >= 15 is 0 Å². The van der Waals surface area contributed by atoms with Crippen LogP contribution in [0.2, 0.25) is 5.02 Å². The van der Waals surface area contributed by atoms with Crippen molar-refractivity contribution in [3.63, 3.8) is 0 Å². The Bertz CT molecular complexity index is 1160. The Labute approximate surface area is 241 Å². The molecule has 0 saturated carbocycles. The number of rotatable bonds is 13. The van der Waals surface area contributed by atoms with Gasteiger partial charge in [0.15, 0.2) is 18.1 Å². The number of anilines is 1. The van der Waals surface area contributed by atoms with Crippen molar-refractivity contribution in [1.82, 2.24) is 10.7 Å². The molecule has 0 fully saturated rings. The maximum absolute atomic E-state index is 12.4. The van der Waals surface area contributed by atoms with E-state index in [2.05, 4.69) is 43.8 Å². The van der Waals surface area contributed by atoms with E-state index in [-0.39, 0.29) is 18.6 Å². The van der Waals surface area contributed by atoms with Crippen LogP contribution >= 0.6 is 34.2 Å². The van der Waals surface area contributed by atoms with Crippen molar-refractivity contribution in [2.45, 2.75) is 40.2 Å². The van der Waals surface area contributed by atoms with Crippen molar-refractivity contribution in [2.24, 2.45) is 5.10 Å². The zero-order chi connectivity index (χ0) is 28.1. The molecule has 3 amide bonds. The van der Waals surface area contributed by atoms with Gasteiger partial charge in [-0.05, 0) is 92.1 Å². The summed E-state index contributed by atoms with van der Waals surface area (Å²) in [5.74, 6) is -1.23. The lowest BCUT2D eigenvalue weighted by Gasteiger charge is -2.15. The molecule has 0 aliphatic carbocycles. The smallest absolute Gasteiger partial charge is 0.329 e. The third kappa shape index (κ3) is 10.8. The highest BCUT2D eigenvalue weighted by Crippen LogP contribution is 2.34. The van der Waals surface area contributed by atoms with Gasteiger partial charge in [0, 0.05) is 23.9 Å². The van der Waals surface area contributed by atoms with Crippen molar-refractivity contribution in [3.8, 4) is 11.5 Å². The zero-order valence-corrected chi connectivity index (χ0v) is 24.6. The molecular weight excluding hydrogens is 627 g/mol. The van der Waals surface area contributed by atoms with E-state index in [1.165, 1.54) is 6.21 Å². The largest absolute Gasteiger partial charge is 0.490 e. The number of aryl methyl sites for hydroxylation is 1. The average molecular weight is 659 g/mol. The lowest BCUT2D eigenvalue weighted by molar-refractivity contribution is -0.139. The van der Waals surface area contributed by atoms with Crippen molar-refractivity contribution < 1.29 is 28.6 Å². The molecule has 0 heterocycles. The summed E-state index contributed by atoms with van der Waals surface area (Å²) in [5, 5.41) is 9.66. The number of ether oxygens (including phenoxy) is 3. The van der Waals surface area contributed by atoms with E-state index in [0.717, 1.165) is 5.56 Å². The number of nitrogens with one attached hydrogen (secondary N) is 3. The lowest BCUT2D eigenvalue weighted by Crippen LogP contribution is -2.38. The Hall–Kier alpha value is -2.90. The summed E-state index contributed by atoms with van der Waals surface area (Å²) in [4.78, 5) is 36.2. The quantitative estimate of drug-likeness (QED) is 0.0980. The summed E-state index contributed by atoms with van der Waals surface area (Å²) in [6.45, 7) is 8.46. The number of benzene rings is 2. The van der Waals surface area contributed by atoms with Crippen LogP contribution in [0.15, 0.2) is 35.4 Å². The second-order valence-electron chi connectivity index (χ2n) is 8.29. The van der Waals surface area contributed by atoms with Gasteiger partial charge in [0.05, 0.1) is 22.5 Å². The van der Waals surface area contributed by atoms with E-state index < -0.39 is 11.8 Å². The monoisotopic (exact) mass is 658 g/mol. The van der Waals surface area contributed by atoms with Gasteiger partial charge in [-0.25, -0.2) is 5.43 Å².